The van der Waals surface area contributed by atoms with Gasteiger partial charge in [0.25, 0.3) is 0 Å². The molecule has 0 fully saturated rings. The van der Waals surface area contributed by atoms with Crippen molar-refractivity contribution in [1.29, 1.82) is 0 Å². The average Bonchev–Trinajstić information content (AvgIpc) is 1.87. The average molecular weight is 195 g/mol. The van der Waals surface area contributed by atoms with E-state index in [1.54, 1.807) is 0 Å². The van der Waals surface area contributed by atoms with Crippen LogP contribution < -0.4 is 0 Å². The highest BCUT2D eigenvalue weighted by Gasteiger charge is 2.23. The third-order valence-corrected chi connectivity index (χ3v) is 5.15. The quantitative estimate of drug-likeness (QED) is 0.483. The molecule has 0 spiro atoms. The van der Waals surface area contributed by atoms with Crippen molar-refractivity contribution >= 4 is 19.9 Å². The van der Waals surface area contributed by atoms with Crippen molar-refractivity contribution < 1.29 is 4.43 Å². The number of halogens is 1. The molecule has 3 heteroatoms. The Hall–Kier alpha value is 0.467. The van der Waals surface area contributed by atoms with Crippen LogP contribution in [0, 0.1) is 0 Å². The standard InChI is InChI=1S/C8H19ClOSi/c1-5-6-8(2)10-11(3,4)7-9/h8H,5-7H2,1-4H3. The maximum absolute atomic E-state index is 5.83. The number of rotatable bonds is 5. The zero-order valence-corrected chi connectivity index (χ0v) is 9.74. The first kappa shape index (κ1) is 11.5. The van der Waals surface area contributed by atoms with Gasteiger partial charge >= 0.3 is 0 Å². The van der Waals surface area contributed by atoms with E-state index in [-0.39, 0.29) is 0 Å². The summed E-state index contributed by atoms with van der Waals surface area (Å²) in [6, 6.07) is 0. The normalized spacial score (nSPS) is 15.0. The van der Waals surface area contributed by atoms with Crippen molar-refractivity contribution in [2.24, 2.45) is 0 Å². The van der Waals surface area contributed by atoms with E-state index in [0.29, 0.717) is 11.6 Å². The largest absolute Gasteiger partial charge is 0.414 e. The lowest BCUT2D eigenvalue weighted by Gasteiger charge is -2.24. The molecule has 0 N–H and O–H groups in total. The minimum Gasteiger partial charge on any atom is -0.414 e. The molecule has 0 aromatic heterocycles. The number of hydrogen-bond donors (Lipinski definition) is 0. The molecule has 1 unspecified atom stereocenters. The van der Waals surface area contributed by atoms with Crippen LogP contribution >= 0.6 is 11.6 Å². The van der Waals surface area contributed by atoms with E-state index in [2.05, 4.69) is 26.9 Å². The third-order valence-electron chi connectivity index (χ3n) is 1.54. The molecule has 0 saturated carbocycles. The van der Waals surface area contributed by atoms with Crippen molar-refractivity contribution in [3.8, 4) is 0 Å². The van der Waals surface area contributed by atoms with Crippen LogP contribution in [-0.2, 0) is 4.43 Å². The summed E-state index contributed by atoms with van der Waals surface area (Å²) in [5.41, 5.74) is 0.695. The van der Waals surface area contributed by atoms with Crippen molar-refractivity contribution in [1.82, 2.24) is 0 Å². The topological polar surface area (TPSA) is 9.23 Å². The molecule has 0 aromatic rings. The molecule has 0 saturated heterocycles. The van der Waals surface area contributed by atoms with Crippen molar-refractivity contribution in [3.05, 3.63) is 0 Å². The molecular formula is C8H19ClOSi. The molecule has 0 aliphatic carbocycles. The van der Waals surface area contributed by atoms with Gasteiger partial charge in [-0.1, -0.05) is 13.3 Å². The van der Waals surface area contributed by atoms with Crippen LogP contribution in [0.15, 0.2) is 0 Å². The van der Waals surface area contributed by atoms with Gasteiger partial charge in [0, 0.05) is 11.6 Å². The molecule has 0 rings (SSSR count). The molecule has 0 heterocycles. The molecule has 0 aliphatic heterocycles. The zero-order valence-electron chi connectivity index (χ0n) is 7.98. The monoisotopic (exact) mass is 194 g/mol. The van der Waals surface area contributed by atoms with E-state index in [1.807, 2.05) is 0 Å². The van der Waals surface area contributed by atoms with E-state index in [4.69, 9.17) is 16.0 Å². The molecule has 0 radical (unpaired) electrons. The summed E-state index contributed by atoms with van der Waals surface area (Å²) in [6.45, 7) is 8.62. The second-order valence-electron chi connectivity index (χ2n) is 3.61. The van der Waals surface area contributed by atoms with Gasteiger partial charge < -0.3 is 4.43 Å². The van der Waals surface area contributed by atoms with E-state index in [9.17, 15) is 0 Å². The summed E-state index contributed by atoms with van der Waals surface area (Å²) in [7, 11) is -1.51. The van der Waals surface area contributed by atoms with Gasteiger partial charge in [0.2, 0.25) is 8.32 Å². The predicted octanol–water partition coefficient (Wildman–Crippen LogP) is 3.17. The van der Waals surface area contributed by atoms with Gasteiger partial charge in [0.05, 0.1) is 0 Å². The minimum atomic E-state index is -1.51. The fraction of sp³-hybridized carbons (Fsp3) is 1.00. The Morgan fingerprint density at radius 1 is 1.45 bits per heavy atom. The summed E-state index contributed by atoms with van der Waals surface area (Å²) in [5.74, 6) is 0. The van der Waals surface area contributed by atoms with Crippen LogP contribution in [0.25, 0.3) is 0 Å². The summed E-state index contributed by atoms with van der Waals surface area (Å²) < 4.78 is 5.83. The van der Waals surface area contributed by atoms with Crippen LogP contribution in [0.2, 0.25) is 13.1 Å². The van der Waals surface area contributed by atoms with E-state index >= 15 is 0 Å². The first-order valence-electron chi connectivity index (χ1n) is 4.25. The van der Waals surface area contributed by atoms with E-state index < -0.39 is 8.32 Å². The molecule has 0 aliphatic rings. The Morgan fingerprint density at radius 2 is 2.00 bits per heavy atom. The SMILES string of the molecule is CCCC(C)O[Si](C)(C)CCl. The number of hydrogen-bond acceptors (Lipinski definition) is 1. The maximum atomic E-state index is 5.83. The van der Waals surface area contributed by atoms with Crippen LogP contribution in [0.5, 0.6) is 0 Å². The highest BCUT2D eigenvalue weighted by Crippen LogP contribution is 2.12. The van der Waals surface area contributed by atoms with Gasteiger partial charge in [-0.2, -0.15) is 0 Å². The molecule has 68 valence electrons. The lowest BCUT2D eigenvalue weighted by Crippen LogP contribution is -2.36. The zero-order chi connectivity index (χ0) is 8.91. The van der Waals surface area contributed by atoms with Gasteiger partial charge in [-0.3, -0.25) is 0 Å². The Labute approximate surface area is 76.2 Å². The van der Waals surface area contributed by atoms with Gasteiger partial charge in [-0.05, 0) is 26.4 Å². The van der Waals surface area contributed by atoms with Crippen LogP contribution in [0.4, 0.5) is 0 Å². The summed E-state index contributed by atoms with van der Waals surface area (Å²) in [5, 5.41) is 0. The Balaban J connectivity index is 3.64. The molecule has 0 bridgehead atoms. The van der Waals surface area contributed by atoms with Gasteiger partial charge in [0.1, 0.15) is 0 Å². The minimum absolute atomic E-state index is 0.389. The van der Waals surface area contributed by atoms with Crippen molar-refractivity contribution in [2.75, 3.05) is 5.50 Å². The van der Waals surface area contributed by atoms with E-state index in [0.717, 1.165) is 6.42 Å². The summed E-state index contributed by atoms with van der Waals surface area (Å²) >= 11 is 5.77. The van der Waals surface area contributed by atoms with Crippen molar-refractivity contribution in [3.63, 3.8) is 0 Å². The fourth-order valence-electron chi connectivity index (χ4n) is 1.04. The Kier molecular flexibility index (Phi) is 5.39. The molecule has 0 amide bonds. The first-order chi connectivity index (χ1) is 5.02. The molecule has 0 aromatic carbocycles. The van der Waals surface area contributed by atoms with Gasteiger partial charge in [-0.15, -0.1) is 11.6 Å². The second kappa shape index (κ2) is 5.17. The second-order valence-corrected chi connectivity index (χ2v) is 8.43. The maximum Gasteiger partial charge on any atom is 0.201 e. The smallest absolute Gasteiger partial charge is 0.201 e. The highest BCUT2D eigenvalue weighted by atomic mass is 35.5. The fourth-order valence-corrected chi connectivity index (χ4v) is 2.50. The van der Waals surface area contributed by atoms with Crippen LogP contribution in [-0.4, -0.2) is 19.9 Å². The van der Waals surface area contributed by atoms with Crippen LogP contribution in [0.1, 0.15) is 26.7 Å². The lowest BCUT2D eigenvalue weighted by atomic mass is 10.2. The van der Waals surface area contributed by atoms with Gasteiger partial charge in [0.15, 0.2) is 0 Å². The lowest BCUT2D eigenvalue weighted by molar-refractivity contribution is 0.202. The first-order valence-corrected chi connectivity index (χ1v) is 7.90. The Morgan fingerprint density at radius 3 is 2.36 bits per heavy atom. The number of alkyl halides is 1. The summed E-state index contributed by atoms with van der Waals surface area (Å²) in [4.78, 5) is 0. The van der Waals surface area contributed by atoms with Gasteiger partial charge in [-0.25, -0.2) is 0 Å². The third kappa shape index (κ3) is 5.71. The van der Waals surface area contributed by atoms with Crippen molar-refractivity contribution in [2.45, 2.75) is 45.9 Å². The van der Waals surface area contributed by atoms with E-state index in [1.165, 1.54) is 6.42 Å². The Bertz CT molecular complexity index is 106. The highest BCUT2D eigenvalue weighted by molar-refractivity contribution is 6.77. The predicted molar refractivity (Wildman–Crippen MR) is 53.7 cm³/mol. The van der Waals surface area contributed by atoms with Crippen LogP contribution in [0.3, 0.4) is 0 Å². The molecular weight excluding hydrogens is 176 g/mol. The summed E-state index contributed by atoms with van der Waals surface area (Å²) in [6.07, 6.45) is 2.72. The molecule has 1 atom stereocenters. The molecule has 1 nitrogen and oxygen atoms in total. The molecule has 11 heavy (non-hydrogen) atoms.